The van der Waals surface area contributed by atoms with E-state index in [1.807, 2.05) is 78.9 Å². The van der Waals surface area contributed by atoms with Crippen LogP contribution in [0.5, 0.6) is 23.0 Å². The van der Waals surface area contributed by atoms with Gasteiger partial charge < -0.3 is 15.2 Å². The summed E-state index contributed by atoms with van der Waals surface area (Å²) in [7, 11) is 0. The first-order valence-corrected chi connectivity index (χ1v) is 9.11. The zero-order chi connectivity index (χ0) is 18.2. The lowest BCUT2D eigenvalue weighted by molar-refractivity contribution is 0.417. The number of hydrogen-bond donors (Lipinski definition) is 1. The molecule has 1 atom stereocenters. The van der Waals surface area contributed by atoms with Crippen LogP contribution in [0.3, 0.4) is 0 Å². The lowest BCUT2D eigenvalue weighted by atomic mass is 10.0. The Morgan fingerprint density at radius 1 is 0.778 bits per heavy atom. The van der Waals surface area contributed by atoms with Gasteiger partial charge in [0.15, 0.2) is 11.5 Å². The molecule has 0 heterocycles. The number of nitrogens with two attached hydrogens (primary N) is 1. The highest BCUT2D eigenvalue weighted by Gasteiger charge is 2.13. The van der Waals surface area contributed by atoms with E-state index in [1.165, 1.54) is 0 Å². The molecule has 0 fully saturated rings. The molecule has 3 aromatic carbocycles. The highest BCUT2D eigenvalue weighted by Crippen LogP contribution is 2.37. The summed E-state index contributed by atoms with van der Waals surface area (Å²) in [6.07, 6.45) is 3.20. The average Bonchev–Trinajstić information content (AvgIpc) is 2.69. The van der Waals surface area contributed by atoms with Gasteiger partial charge in [0, 0.05) is 6.04 Å². The standard InChI is InChI=1S/C23H25NO2.ClH/c1-2-3-14-21(24)18-15-16-22(25-19-10-6-4-7-11-19)23(17-18)26-20-12-8-5-9-13-20;/h4-13,15-17,21H,2-3,14,24H2,1H3;1H/t21-;/m0./s1. The quantitative estimate of drug-likeness (QED) is 0.461. The van der Waals surface area contributed by atoms with Gasteiger partial charge in [-0.05, 0) is 48.4 Å². The molecule has 2 N–H and O–H groups in total. The van der Waals surface area contributed by atoms with Crippen LogP contribution in [0.15, 0.2) is 78.9 Å². The number of ether oxygens (including phenoxy) is 2. The molecule has 4 heteroatoms. The predicted molar refractivity (Wildman–Crippen MR) is 113 cm³/mol. The minimum absolute atomic E-state index is 0. The number of halogens is 1. The van der Waals surface area contributed by atoms with E-state index in [0.29, 0.717) is 11.5 Å². The molecular formula is C23H26ClNO2. The van der Waals surface area contributed by atoms with Gasteiger partial charge >= 0.3 is 0 Å². The summed E-state index contributed by atoms with van der Waals surface area (Å²) in [6.45, 7) is 2.17. The van der Waals surface area contributed by atoms with E-state index < -0.39 is 0 Å². The van der Waals surface area contributed by atoms with Crippen molar-refractivity contribution in [2.75, 3.05) is 0 Å². The molecule has 0 amide bonds. The van der Waals surface area contributed by atoms with Gasteiger partial charge in [0.25, 0.3) is 0 Å². The molecule has 0 unspecified atom stereocenters. The first-order chi connectivity index (χ1) is 12.8. The molecule has 0 spiro atoms. The lowest BCUT2D eigenvalue weighted by Crippen LogP contribution is -2.10. The molecule has 0 bridgehead atoms. The molecule has 0 aliphatic heterocycles. The average molecular weight is 384 g/mol. The van der Waals surface area contributed by atoms with Gasteiger partial charge in [0.2, 0.25) is 0 Å². The van der Waals surface area contributed by atoms with Crippen molar-refractivity contribution in [1.29, 1.82) is 0 Å². The SMILES string of the molecule is CCCC[C@H](N)c1ccc(Oc2ccccc2)c(Oc2ccccc2)c1.Cl. The van der Waals surface area contributed by atoms with Crippen LogP contribution in [-0.4, -0.2) is 0 Å². The normalized spacial score (nSPS) is 11.3. The van der Waals surface area contributed by atoms with Crippen molar-refractivity contribution < 1.29 is 9.47 Å². The van der Waals surface area contributed by atoms with E-state index in [1.54, 1.807) is 0 Å². The van der Waals surface area contributed by atoms with E-state index in [-0.39, 0.29) is 18.4 Å². The van der Waals surface area contributed by atoms with Crippen molar-refractivity contribution in [1.82, 2.24) is 0 Å². The third-order valence-electron chi connectivity index (χ3n) is 4.21. The van der Waals surface area contributed by atoms with Crippen LogP contribution >= 0.6 is 12.4 Å². The van der Waals surface area contributed by atoms with E-state index in [4.69, 9.17) is 15.2 Å². The van der Waals surface area contributed by atoms with Crippen molar-refractivity contribution in [3.05, 3.63) is 84.4 Å². The van der Waals surface area contributed by atoms with Crippen LogP contribution in [0.1, 0.15) is 37.8 Å². The van der Waals surface area contributed by atoms with Crippen LogP contribution in [-0.2, 0) is 0 Å². The Morgan fingerprint density at radius 2 is 1.33 bits per heavy atom. The zero-order valence-corrected chi connectivity index (χ0v) is 16.3. The molecule has 3 rings (SSSR count). The van der Waals surface area contributed by atoms with Crippen molar-refractivity contribution in [3.63, 3.8) is 0 Å². The molecule has 0 aromatic heterocycles. The van der Waals surface area contributed by atoms with Crippen LogP contribution in [0.25, 0.3) is 0 Å². The smallest absolute Gasteiger partial charge is 0.170 e. The van der Waals surface area contributed by atoms with Crippen LogP contribution in [0.4, 0.5) is 0 Å². The largest absolute Gasteiger partial charge is 0.453 e. The Labute approximate surface area is 167 Å². The molecule has 0 aliphatic carbocycles. The Morgan fingerprint density at radius 3 is 1.89 bits per heavy atom. The van der Waals surface area contributed by atoms with Gasteiger partial charge in [0.05, 0.1) is 0 Å². The second-order valence-corrected chi connectivity index (χ2v) is 6.29. The fourth-order valence-corrected chi connectivity index (χ4v) is 2.74. The number of hydrogen-bond acceptors (Lipinski definition) is 3. The van der Waals surface area contributed by atoms with E-state index >= 15 is 0 Å². The number of rotatable bonds is 8. The molecule has 0 saturated heterocycles. The minimum Gasteiger partial charge on any atom is -0.453 e. The summed E-state index contributed by atoms with van der Waals surface area (Å²) >= 11 is 0. The third kappa shape index (κ3) is 6.02. The summed E-state index contributed by atoms with van der Waals surface area (Å²) in [5, 5.41) is 0. The summed E-state index contributed by atoms with van der Waals surface area (Å²) in [6, 6.07) is 25.4. The Balaban J connectivity index is 0.00000261. The number of unbranched alkanes of at least 4 members (excludes halogenated alkanes) is 1. The van der Waals surface area contributed by atoms with Gasteiger partial charge in [-0.3, -0.25) is 0 Å². The van der Waals surface area contributed by atoms with Gasteiger partial charge in [-0.1, -0.05) is 62.2 Å². The molecule has 0 saturated carbocycles. The maximum atomic E-state index is 6.35. The van der Waals surface area contributed by atoms with E-state index in [0.717, 1.165) is 36.3 Å². The van der Waals surface area contributed by atoms with Crippen LogP contribution < -0.4 is 15.2 Å². The summed E-state index contributed by atoms with van der Waals surface area (Å²) in [5.74, 6) is 2.88. The maximum Gasteiger partial charge on any atom is 0.170 e. The minimum atomic E-state index is -0.00107. The Hall–Kier alpha value is -2.49. The highest BCUT2D eigenvalue weighted by atomic mass is 35.5. The van der Waals surface area contributed by atoms with Crippen LogP contribution in [0, 0.1) is 0 Å². The number of benzene rings is 3. The van der Waals surface area contributed by atoms with Gasteiger partial charge in [-0.15, -0.1) is 12.4 Å². The molecule has 0 radical (unpaired) electrons. The molecule has 3 aromatic rings. The molecular weight excluding hydrogens is 358 g/mol. The third-order valence-corrected chi connectivity index (χ3v) is 4.21. The highest BCUT2D eigenvalue weighted by molar-refractivity contribution is 5.85. The number of para-hydroxylation sites is 2. The monoisotopic (exact) mass is 383 g/mol. The summed E-state index contributed by atoms with van der Waals surface area (Å²) in [4.78, 5) is 0. The molecule has 142 valence electrons. The summed E-state index contributed by atoms with van der Waals surface area (Å²) in [5.41, 5.74) is 7.41. The Bertz CT molecular complexity index is 809. The zero-order valence-electron chi connectivity index (χ0n) is 15.5. The predicted octanol–water partition coefficient (Wildman–Crippen LogP) is 6.88. The lowest BCUT2D eigenvalue weighted by Gasteiger charge is -2.17. The maximum absolute atomic E-state index is 6.35. The second-order valence-electron chi connectivity index (χ2n) is 6.29. The molecule has 27 heavy (non-hydrogen) atoms. The van der Waals surface area contributed by atoms with Crippen molar-refractivity contribution >= 4 is 12.4 Å². The Kier molecular flexibility index (Phi) is 8.18. The molecule has 3 nitrogen and oxygen atoms in total. The molecule has 0 aliphatic rings. The van der Waals surface area contributed by atoms with Gasteiger partial charge in [-0.2, -0.15) is 0 Å². The van der Waals surface area contributed by atoms with Crippen LogP contribution in [0.2, 0.25) is 0 Å². The van der Waals surface area contributed by atoms with Crippen molar-refractivity contribution in [3.8, 4) is 23.0 Å². The fraction of sp³-hybridized carbons (Fsp3) is 0.217. The van der Waals surface area contributed by atoms with Gasteiger partial charge in [-0.25, -0.2) is 0 Å². The van der Waals surface area contributed by atoms with Crippen molar-refractivity contribution in [2.45, 2.75) is 32.2 Å². The first-order valence-electron chi connectivity index (χ1n) is 9.11. The fourth-order valence-electron chi connectivity index (χ4n) is 2.74. The first kappa shape index (κ1) is 20.8. The van der Waals surface area contributed by atoms with Crippen molar-refractivity contribution in [2.24, 2.45) is 5.73 Å². The van der Waals surface area contributed by atoms with E-state index in [2.05, 4.69) is 6.92 Å². The summed E-state index contributed by atoms with van der Waals surface area (Å²) < 4.78 is 12.1. The van der Waals surface area contributed by atoms with E-state index in [9.17, 15) is 0 Å². The second kappa shape index (κ2) is 10.6. The topological polar surface area (TPSA) is 44.5 Å². The van der Waals surface area contributed by atoms with Gasteiger partial charge in [0.1, 0.15) is 11.5 Å².